The predicted molar refractivity (Wildman–Crippen MR) is 115 cm³/mol. The summed E-state index contributed by atoms with van der Waals surface area (Å²) >= 11 is 6.09. The standard InChI is InChI=1S/C23H25ClO6/c1-3-22(25)29-15-7-5-4-6-14-28-18-10-8-17(9-11-18)23(26)30-21-13-12-19(27-2)16-20(21)24/h3,8-13,16H,1,4-7,14-15H2,2H3. The molecule has 30 heavy (non-hydrogen) atoms. The molecule has 160 valence electrons. The van der Waals surface area contributed by atoms with Crippen molar-refractivity contribution in [2.75, 3.05) is 20.3 Å². The molecule has 2 rings (SSSR count). The minimum atomic E-state index is -0.509. The molecule has 6 nitrogen and oxygen atoms in total. The van der Waals surface area contributed by atoms with E-state index in [0.29, 0.717) is 35.3 Å². The van der Waals surface area contributed by atoms with E-state index in [4.69, 9.17) is 30.5 Å². The lowest BCUT2D eigenvalue weighted by atomic mass is 10.2. The SMILES string of the molecule is C=CC(=O)OCCCCCCOc1ccc(C(=O)Oc2ccc(OC)cc2Cl)cc1. The van der Waals surface area contributed by atoms with Crippen LogP contribution in [-0.4, -0.2) is 32.3 Å². The molecule has 7 heteroatoms. The minimum absolute atomic E-state index is 0.266. The first-order valence-corrected chi connectivity index (χ1v) is 9.99. The van der Waals surface area contributed by atoms with Crippen molar-refractivity contribution in [2.24, 2.45) is 0 Å². The minimum Gasteiger partial charge on any atom is -0.497 e. The van der Waals surface area contributed by atoms with Crippen LogP contribution in [0.2, 0.25) is 5.02 Å². The molecule has 2 aromatic carbocycles. The Hall–Kier alpha value is -2.99. The fourth-order valence-corrected chi connectivity index (χ4v) is 2.73. The van der Waals surface area contributed by atoms with Crippen molar-refractivity contribution in [1.82, 2.24) is 0 Å². The number of hydrogen-bond acceptors (Lipinski definition) is 6. The highest BCUT2D eigenvalue weighted by atomic mass is 35.5. The molecule has 0 spiro atoms. The van der Waals surface area contributed by atoms with Gasteiger partial charge in [-0.05, 0) is 62.1 Å². The van der Waals surface area contributed by atoms with Gasteiger partial charge in [0.05, 0.1) is 30.9 Å². The van der Waals surface area contributed by atoms with E-state index >= 15 is 0 Å². The largest absolute Gasteiger partial charge is 0.497 e. The lowest BCUT2D eigenvalue weighted by Gasteiger charge is -2.09. The second kappa shape index (κ2) is 12.5. The van der Waals surface area contributed by atoms with E-state index in [1.165, 1.54) is 7.11 Å². The predicted octanol–water partition coefficient (Wildman–Crippen LogP) is 5.24. The number of hydrogen-bond donors (Lipinski definition) is 0. The van der Waals surface area contributed by atoms with E-state index in [-0.39, 0.29) is 5.75 Å². The van der Waals surface area contributed by atoms with Crippen molar-refractivity contribution in [3.8, 4) is 17.2 Å². The molecule has 0 aliphatic heterocycles. The summed E-state index contributed by atoms with van der Waals surface area (Å²) in [6.45, 7) is 4.32. The van der Waals surface area contributed by atoms with Crippen molar-refractivity contribution in [2.45, 2.75) is 25.7 Å². The van der Waals surface area contributed by atoms with Crippen molar-refractivity contribution in [3.63, 3.8) is 0 Å². The van der Waals surface area contributed by atoms with Gasteiger partial charge in [0.2, 0.25) is 0 Å². The van der Waals surface area contributed by atoms with Gasteiger partial charge in [-0.25, -0.2) is 9.59 Å². The number of methoxy groups -OCH3 is 1. The molecule has 0 saturated heterocycles. The van der Waals surface area contributed by atoms with Crippen LogP contribution in [0.1, 0.15) is 36.0 Å². The summed E-state index contributed by atoms with van der Waals surface area (Å²) in [6.07, 6.45) is 4.78. The Morgan fingerprint density at radius 2 is 1.63 bits per heavy atom. The van der Waals surface area contributed by atoms with E-state index in [1.807, 2.05) is 0 Å². The molecular weight excluding hydrogens is 408 g/mol. The summed E-state index contributed by atoms with van der Waals surface area (Å²) in [4.78, 5) is 23.2. The first kappa shape index (κ1) is 23.3. The molecule has 0 heterocycles. The number of unbranched alkanes of at least 4 members (excludes halogenated alkanes) is 3. The Balaban J connectivity index is 1.70. The van der Waals surface area contributed by atoms with E-state index in [1.54, 1.807) is 42.5 Å². The number of esters is 2. The molecule has 0 atom stereocenters. The van der Waals surface area contributed by atoms with Crippen LogP contribution in [-0.2, 0) is 9.53 Å². The third-order valence-corrected chi connectivity index (χ3v) is 4.45. The van der Waals surface area contributed by atoms with Gasteiger partial charge in [-0.2, -0.15) is 0 Å². The molecular formula is C23H25ClO6. The molecule has 0 radical (unpaired) electrons. The van der Waals surface area contributed by atoms with Crippen molar-refractivity contribution in [3.05, 3.63) is 65.7 Å². The Kier molecular flexibility index (Phi) is 9.74. The summed E-state index contributed by atoms with van der Waals surface area (Å²) in [5.41, 5.74) is 0.392. The third-order valence-electron chi connectivity index (χ3n) is 4.15. The second-order valence-electron chi connectivity index (χ2n) is 6.34. The zero-order valence-corrected chi connectivity index (χ0v) is 17.7. The second-order valence-corrected chi connectivity index (χ2v) is 6.75. The van der Waals surface area contributed by atoms with E-state index in [0.717, 1.165) is 31.8 Å². The van der Waals surface area contributed by atoms with Gasteiger partial charge >= 0.3 is 11.9 Å². The van der Waals surface area contributed by atoms with Crippen LogP contribution in [0, 0.1) is 0 Å². The molecule has 0 fully saturated rings. The van der Waals surface area contributed by atoms with Crippen molar-refractivity contribution >= 4 is 23.5 Å². The molecule has 0 saturated carbocycles. The summed E-state index contributed by atoms with van der Waals surface area (Å²) in [6, 6.07) is 11.6. The highest BCUT2D eigenvalue weighted by Crippen LogP contribution is 2.29. The molecule has 0 aliphatic carbocycles. The lowest BCUT2D eigenvalue weighted by molar-refractivity contribution is -0.137. The zero-order valence-electron chi connectivity index (χ0n) is 16.9. The molecule has 0 amide bonds. The first-order valence-electron chi connectivity index (χ1n) is 9.61. The van der Waals surface area contributed by atoms with E-state index in [9.17, 15) is 9.59 Å². The number of carbonyl (C=O) groups is 2. The first-order chi connectivity index (χ1) is 14.5. The van der Waals surface area contributed by atoms with Gasteiger partial charge in [-0.1, -0.05) is 18.2 Å². The molecule has 0 aliphatic rings. The summed E-state index contributed by atoms with van der Waals surface area (Å²) in [7, 11) is 1.53. The Labute approximate surface area is 181 Å². The van der Waals surface area contributed by atoms with Gasteiger partial charge in [0.25, 0.3) is 0 Å². The Morgan fingerprint density at radius 1 is 0.967 bits per heavy atom. The maximum absolute atomic E-state index is 12.3. The average Bonchev–Trinajstić information content (AvgIpc) is 2.77. The highest BCUT2D eigenvalue weighted by Gasteiger charge is 2.12. The van der Waals surface area contributed by atoms with Crippen LogP contribution in [0.4, 0.5) is 0 Å². The number of halogens is 1. The molecule has 0 N–H and O–H groups in total. The summed E-state index contributed by atoms with van der Waals surface area (Å²) < 4.78 is 21.0. The van der Waals surface area contributed by atoms with Crippen LogP contribution in [0.5, 0.6) is 17.2 Å². The van der Waals surface area contributed by atoms with Crippen LogP contribution >= 0.6 is 11.6 Å². The van der Waals surface area contributed by atoms with E-state index < -0.39 is 11.9 Å². The molecule has 0 bridgehead atoms. The van der Waals surface area contributed by atoms with Gasteiger partial charge in [0, 0.05) is 12.1 Å². The number of carbonyl (C=O) groups excluding carboxylic acids is 2. The van der Waals surface area contributed by atoms with Crippen LogP contribution in [0.3, 0.4) is 0 Å². The molecule has 0 aromatic heterocycles. The summed E-state index contributed by atoms with van der Waals surface area (Å²) in [5, 5.41) is 0.293. The third kappa shape index (κ3) is 7.79. The number of rotatable bonds is 12. The smallest absolute Gasteiger partial charge is 0.343 e. The fraction of sp³-hybridized carbons (Fsp3) is 0.304. The zero-order chi connectivity index (χ0) is 21.8. The quantitative estimate of drug-likeness (QED) is 0.198. The maximum Gasteiger partial charge on any atom is 0.343 e. The van der Waals surface area contributed by atoms with Gasteiger partial charge in [0.1, 0.15) is 17.2 Å². The van der Waals surface area contributed by atoms with Crippen molar-refractivity contribution in [1.29, 1.82) is 0 Å². The normalized spacial score (nSPS) is 10.2. The van der Waals surface area contributed by atoms with Gasteiger partial charge in [-0.15, -0.1) is 0 Å². The fourth-order valence-electron chi connectivity index (χ4n) is 2.52. The van der Waals surface area contributed by atoms with Gasteiger partial charge in [-0.3, -0.25) is 0 Å². The number of benzene rings is 2. The van der Waals surface area contributed by atoms with Gasteiger partial charge < -0.3 is 18.9 Å². The van der Waals surface area contributed by atoms with E-state index in [2.05, 4.69) is 6.58 Å². The maximum atomic E-state index is 12.3. The Bertz CT molecular complexity index is 847. The van der Waals surface area contributed by atoms with Crippen LogP contribution in [0.15, 0.2) is 55.1 Å². The average molecular weight is 433 g/mol. The number of ether oxygens (including phenoxy) is 4. The molecule has 2 aromatic rings. The highest BCUT2D eigenvalue weighted by molar-refractivity contribution is 6.32. The summed E-state index contributed by atoms with van der Waals surface area (Å²) in [5.74, 6) is 0.622. The van der Waals surface area contributed by atoms with Crippen LogP contribution in [0.25, 0.3) is 0 Å². The van der Waals surface area contributed by atoms with Crippen LogP contribution < -0.4 is 14.2 Å². The van der Waals surface area contributed by atoms with Crippen molar-refractivity contribution < 1.29 is 28.5 Å². The topological polar surface area (TPSA) is 71.1 Å². The lowest BCUT2D eigenvalue weighted by Crippen LogP contribution is -2.09. The van der Waals surface area contributed by atoms with Gasteiger partial charge in [0.15, 0.2) is 0 Å². The monoisotopic (exact) mass is 432 g/mol. The molecule has 0 unspecified atom stereocenters. The Morgan fingerprint density at radius 3 is 2.27 bits per heavy atom.